The lowest BCUT2D eigenvalue weighted by molar-refractivity contribution is -0.107. The lowest BCUT2D eigenvalue weighted by atomic mass is 10.00. The first-order chi connectivity index (χ1) is 10.2. The van der Waals surface area contributed by atoms with Gasteiger partial charge in [0.05, 0.1) is 0 Å². The van der Waals surface area contributed by atoms with Gasteiger partial charge in [-0.3, -0.25) is 15.5 Å². The fourth-order valence-electron chi connectivity index (χ4n) is 1.74. The lowest BCUT2D eigenvalue weighted by Crippen LogP contribution is -2.36. The highest BCUT2D eigenvalue weighted by Gasteiger charge is 2.19. The molecule has 6 heteroatoms. The third kappa shape index (κ3) is 5.47. The van der Waals surface area contributed by atoms with Gasteiger partial charge in [0.25, 0.3) is 0 Å². The number of alkyl carbamates (subject to hydrolysis) is 1. The van der Waals surface area contributed by atoms with Gasteiger partial charge in [0, 0.05) is 24.0 Å². The second kappa shape index (κ2) is 7.49. The highest BCUT2D eigenvalue weighted by atomic mass is 16.6. The van der Waals surface area contributed by atoms with E-state index in [0.717, 1.165) is 0 Å². The zero-order valence-corrected chi connectivity index (χ0v) is 12.9. The Hall–Kier alpha value is -2.50. The average molecular weight is 304 g/mol. The monoisotopic (exact) mass is 304 g/mol. The summed E-state index contributed by atoms with van der Waals surface area (Å²) in [6.07, 6.45) is 0.109. The van der Waals surface area contributed by atoms with Crippen LogP contribution < -0.4 is 5.32 Å². The standard InChI is InChI=1S/C16H20N2O4/c1-16(2,3)22-15(21)18-14(17)12-8-5-4-7-11(12)13(20)9-6-10-19/h4-5,7-8,10H,6,9H2,1-3H3,(H2,17,18,21). The molecule has 0 fully saturated rings. The number of hydrogen-bond donors (Lipinski definition) is 2. The molecule has 0 aromatic heterocycles. The summed E-state index contributed by atoms with van der Waals surface area (Å²) in [6.45, 7) is 5.15. The molecule has 0 saturated carbocycles. The number of carbonyl (C=O) groups excluding carboxylic acids is 3. The molecule has 1 rings (SSSR count). The number of amidine groups is 1. The zero-order chi connectivity index (χ0) is 16.8. The van der Waals surface area contributed by atoms with Crippen LogP contribution in [0.3, 0.4) is 0 Å². The van der Waals surface area contributed by atoms with E-state index in [1.165, 1.54) is 0 Å². The van der Waals surface area contributed by atoms with E-state index >= 15 is 0 Å². The Kier molecular flexibility index (Phi) is 5.98. The number of Topliss-reactive ketones (excluding diaryl/α,β-unsaturated/α-hetero) is 1. The van der Waals surface area contributed by atoms with Crippen LogP contribution in [0, 0.1) is 5.41 Å². The minimum atomic E-state index is -0.757. The van der Waals surface area contributed by atoms with Gasteiger partial charge >= 0.3 is 6.09 Å². The summed E-state index contributed by atoms with van der Waals surface area (Å²) in [6, 6.07) is 6.46. The Morgan fingerprint density at radius 1 is 1.23 bits per heavy atom. The van der Waals surface area contributed by atoms with E-state index in [1.807, 2.05) is 0 Å². The maximum absolute atomic E-state index is 12.0. The largest absolute Gasteiger partial charge is 0.444 e. The number of ketones is 1. The number of ether oxygens (including phenoxy) is 1. The molecule has 0 aliphatic rings. The van der Waals surface area contributed by atoms with Gasteiger partial charge in [0.2, 0.25) is 0 Å². The fraction of sp³-hybridized carbons (Fsp3) is 0.375. The van der Waals surface area contributed by atoms with Gasteiger partial charge < -0.3 is 9.53 Å². The molecular weight excluding hydrogens is 284 g/mol. The Balaban J connectivity index is 2.88. The van der Waals surface area contributed by atoms with Crippen LogP contribution in [0.5, 0.6) is 0 Å². The molecule has 0 saturated heterocycles. The third-order valence-electron chi connectivity index (χ3n) is 2.61. The van der Waals surface area contributed by atoms with Crippen molar-refractivity contribution >= 4 is 24.0 Å². The number of amides is 1. The Labute approximate surface area is 129 Å². The number of aldehydes is 1. The normalized spacial score (nSPS) is 10.7. The van der Waals surface area contributed by atoms with Gasteiger partial charge in [-0.05, 0) is 20.8 Å². The molecule has 0 bridgehead atoms. The molecule has 0 radical (unpaired) electrons. The molecule has 118 valence electrons. The van der Waals surface area contributed by atoms with E-state index in [9.17, 15) is 14.4 Å². The number of benzene rings is 1. The predicted molar refractivity (Wildman–Crippen MR) is 82.3 cm³/mol. The highest BCUT2D eigenvalue weighted by molar-refractivity contribution is 6.12. The molecule has 22 heavy (non-hydrogen) atoms. The van der Waals surface area contributed by atoms with Gasteiger partial charge in [-0.2, -0.15) is 0 Å². The predicted octanol–water partition coefficient (Wildman–Crippen LogP) is 2.70. The summed E-state index contributed by atoms with van der Waals surface area (Å²) in [5, 5.41) is 10.2. The average Bonchev–Trinajstić information content (AvgIpc) is 2.42. The Bertz CT molecular complexity index is 588. The van der Waals surface area contributed by atoms with Gasteiger partial charge in [-0.15, -0.1) is 0 Å². The number of nitrogens with one attached hydrogen (secondary N) is 2. The van der Waals surface area contributed by atoms with Crippen LogP contribution in [-0.2, 0) is 9.53 Å². The number of hydrogen-bond acceptors (Lipinski definition) is 5. The van der Waals surface area contributed by atoms with Crippen LogP contribution >= 0.6 is 0 Å². The zero-order valence-electron chi connectivity index (χ0n) is 12.9. The van der Waals surface area contributed by atoms with Crippen molar-refractivity contribution in [2.75, 3.05) is 0 Å². The molecule has 1 amide bonds. The quantitative estimate of drug-likeness (QED) is 0.378. The molecule has 0 aliphatic carbocycles. The third-order valence-corrected chi connectivity index (χ3v) is 2.61. The summed E-state index contributed by atoms with van der Waals surface area (Å²) in [5.41, 5.74) is -0.0846. The number of carbonyl (C=O) groups is 3. The van der Waals surface area contributed by atoms with Crippen LogP contribution in [-0.4, -0.2) is 29.6 Å². The van der Waals surface area contributed by atoms with Crippen molar-refractivity contribution in [1.82, 2.24) is 5.32 Å². The molecule has 2 N–H and O–H groups in total. The van der Waals surface area contributed by atoms with Crippen molar-refractivity contribution in [3.63, 3.8) is 0 Å². The first kappa shape index (κ1) is 17.6. The highest BCUT2D eigenvalue weighted by Crippen LogP contribution is 2.13. The van der Waals surface area contributed by atoms with Crippen LogP contribution in [0.2, 0.25) is 0 Å². The van der Waals surface area contributed by atoms with E-state index in [2.05, 4.69) is 5.32 Å². The molecule has 0 heterocycles. The van der Waals surface area contributed by atoms with E-state index in [4.69, 9.17) is 10.1 Å². The molecule has 1 aromatic carbocycles. The van der Waals surface area contributed by atoms with E-state index in [1.54, 1.807) is 45.0 Å². The molecule has 0 atom stereocenters. The van der Waals surface area contributed by atoms with E-state index in [0.29, 0.717) is 17.4 Å². The summed E-state index contributed by atoms with van der Waals surface area (Å²) in [7, 11) is 0. The Morgan fingerprint density at radius 3 is 2.36 bits per heavy atom. The summed E-state index contributed by atoms with van der Waals surface area (Å²) in [5.74, 6) is -0.470. The van der Waals surface area contributed by atoms with Crippen molar-refractivity contribution in [1.29, 1.82) is 5.41 Å². The van der Waals surface area contributed by atoms with Crippen LogP contribution in [0.1, 0.15) is 49.5 Å². The molecule has 0 aliphatic heterocycles. The van der Waals surface area contributed by atoms with Crippen molar-refractivity contribution in [2.24, 2.45) is 0 Å². The van der Waals surface area contributed by atoms with Crippen molar-refractivity contribution < 1.29 is 19.1 Å². The smallest absolute Gasteiger partial charge is 0.413 e. The fourth-order valence-corrected chi connectivity index (χ4v) is 1.74. The summed E-state index contributed by atoms with van der Waals surface area (Å²) in [4.78, 5) is 34.1. The lowest BCUT2D eigenvalue weighted by Gasteiger charge is -2.20. The summed E-state index contributed by atoms with van der Waals surface area (Å²) < 4.78 is 5.07. The second-order valence-electron chi connectivity index (χ2n) is 5.68. The topological polar surface area (TPSA) is 96.3 Å². The first-order valence-corrected chi connectivity index (χ1v) is 6.89. The first-order valence-electron chi connectivity index (χ1n) is 6.89. The maximum atomic E-state index is 12.0. The van der Waals surface area contributed by atoms with E-state index in [-0.39, 0.29) is 24.5 Å². The van der Waals surface area contributed by atoms with Crippen molar-refractivity contribution in [3.8, 4) is 0 Å². The number of rotatable bonds is 5. The molecule has 0 unspecified atom stereocenters. The van der Waals surface area contributed by atoms with Crippen LogP contribution in [0.4, 0.5) is 4.79 Å². The maximum Gasteiger partial charge on any atom is 0.413 e. The molecule has 6 nitrogen and oxygen atoms in total. The molecule has 1 aromatic rings. The minimum Gasteiger partial charge on any atom is -0.444 e. The second-order valence-corrected chi connectivity index (χ2v) is 5.68. The van der Waals surface area contributed by atoms with Crippen LogP contribution in [0.15, 0.2) is 24.3 Å². The van der Waals surface area contributed by atoms with Gasteiger partial charge in [0.1, 0.15) is 17.7 Å². The Morgan fingerprint density at radius 2 is 1.82 bits per heavy atom. The van der Waals surface area contributed by atoms with Gasteiger partial charge in [0.15, 0.2) is 5.78 Å². The molecule has 0 spiro atoms. The SMILES string of the molecule is CC(C)(C)OC(=O)NC(=N)c1ccccc1C(=O)CCC=O. The van der Waals surface area contributed by atoms with Gasteiger partial charge in [-0.1, -0.05) is 24.3 Å². The summed E-state index contributed by atoms with van der Waals surface area (Å²) >= 11 is 0. The van der Waals surface area contributed by atoms with Crippen molar-refractivity contribution in [2.45, 2.75) is 39.2 Å². The van der Waals surface area contributed by atoms with Crippen LogP contribution in [0.25, 0.3) is 0 Å². The van der Waals surface area contributed by atoms with E-state index < -0.39 is 11.7 Å². The van der Waals surface area contributed by atoms with Crippen molar-refractivity contribution in [3.05, 3.63) is 35.4 Å². The minimum absolute atomic E-state index is 0.0697. The van der Waals surface area contributed by atoms with Gasteiger partial charge in [-0.25, -0.2) is 4.79 Å². The molecular formula is C16H20N2O4.